The zero-order chi connectivity index (χ0) is 19.6. The third kappa shape index (κ3) is 4.16. The van der Waals surface area contributed by atoms with Gasteiger partial charge in [0.1, 0.15) is 17.3 Å². The fourth-order valence-electron chi connectivity index (χ4n) is 3.40. The van der Waals surface area contributed by atoms with Gasteiger partial charge in [0.25, 0.3) is 0 Å². The fourth-order valence-corrected chi connectivity index (χ4v) is 3.40. The molecule has 2 N–H and O–H groups in total. The number of carbonyl (C=O) groups is 2. The predicted octanol–water partition coefficient (Wildman–Crippen LogP) is 1.71. The Labute approximate surface area is 157 Å². The molecule has 1 aliphatic heterocycles. The van der Waals surface area contributed by atoms with E-state index in [4.69, 9.17) is 0 Å². The predicted molar refractivity (Wildman–Crippen MR) is 100 cm³/mol. The summed E-state index contributed by atoms with van der Waals surface area (Å²) in [4.78, 5) is 26.6. The largest absolute Gasteiger partial charge is 0.353 e. The molecule has 0 saturated carbocycles. The second kappa shape index (κ2) is 7.87. The Hall–Kier alpha value is -2.74. The lowest BCUT2D eigenvalue weighted by molar-refractivity contribution is -0.132. The molecule has 2 heterocycles. The van der Waals surface area contributed by atoms with Crippen molar-refractivity contribution in [3.63, 3.8) is 0 Å². The maximum atomic E-state index is 14.1. The molecule has 1 aromatic carbocycles. The van der Waals surface area contributed by atoms with Crippen LogP contribution in [0.2, 0.25) is 0 Å². The van der Waals surface area contributed by atoms with E-state index in [2.05, 4.69) is 15.7 Å². The molecule has 2 amide bonds. The normalized spacial score (nSPS) is 17.8. The molecule has 1 atom stereocenters. The molecule has 1 aromatic heterocycles. The number of para-hydroxylation sites is 1. The van der Waals surface area contributed by atoms with Gasteiger partial charge in [0.05, 0.1) is 18.3 Å². The van der Waals surface area contributed by atoms with Crippen LogP contribution in [0.25, 0.3) is 5.69 Å². The van der Waals surface area contributed by atoms with Crippen molar-refractivity contribution in [2.75, 3.05) is 25.0 Å². The standard InChI is InChI=1S/C19H24FN5O2/c1-12(2)18-19(27)21-8-9-24(18)11-17(26)22-16-10-13(3)23-25(16)15-7-5-4-6-14(15)20/h4-7,10,12,18H,8-9,11H2,1-3H3,(H,21,27)(H,22,26). The summed E-state index contributed by atoms with van der Waals surface area (Å²) < 4.78 is 15.5. The molecule has 0 bridgehead atoms. The molecule has 1 aliphatic rings. The molecule has 1 unspecified atom stereocenters. The van der Waals surface area contributed by atoms with Crippen LogP contribution in [0, 0.1) is 18.7 Å². The van der Waals surface area contributed by atoms with Crippen LogP contribution in [-0.2, 0) is 9.59 Å². The number of anilines is 1. The number of carbonyl (C=O) groups excluding carboxylic acids is 2. The molecule has 3 rings (SSSR count). The van der Waals surface area contributed by atoms with E-state index in [1.165, 1.54) is 10.7 Å². The second-order valence-corrected chi connectivity index (χ2v) is 7.03. The van der Waals surface area contributed by atoms with Crippen molar-refractivity contribution in [3.8, 4) is 5.69 Å². The van der Waals surface area contributed by atoms with Gasteiger partial charge in [-0.15, -0.1) is 0 Å². The SMILES string of the molecule is Cc1cc(NC(=O)CN2CCNC(=O)C2C(C)C)n(-c2ccccc2F)n1. The summed E-state index contributed by atoms with van der Waals surface area (Å²) in [6.45, 7) is 6.89. The number of rotatable bonds is 5. The zero-order valence-electron chi connectivity index (χ0n) is 15.7. The highest BCUT2D eigenvalue weighted by molar-refractivity contribution is 5.92. The van der Waals surface area contributed by atoms with Crippen LogP contribution in [0.3, 0.4) is 0 Å². The van der Waals surface area contributed by atoms with Gasteiger partial charge < -0.3 is 10.6 Å². The van der Waals surface area contributed by atoms with Crippen molar-refractivity contribution < 1.29 is 14.0 Å². The first-order valence-corrected chi connectivity index (χ1v) is 9.00. The molecular weight excluding hydrogens is 349 g/mol. The molecule has 1 saturated heterocycles. The quantitative estimate of drug-likeness (QED) is 0.836. The van der Waals surface area contributed by atoms with E-state index in [9.17, 15) is 14.0 Å². The Kier molecular flexibility index (Phi) is 5.55. The Bertz CT molecular complexity index is 848. The third-order valence-corrected chi connectivity index (χ3v) is 4.52. The lowest BCUT2D eigenvalue weighted by Gasteiger charge is -2.36. The minimum Gasteiger partial charge on any atom is -0.353 e. The Morgan fingerprint density at radius 1 is 1.41 bits per heavy atom. The highest BCUT2D eigenvalue weighted by atomic mass is 19.1. The number of piperazine rings is 1. The number of hydrogen-bond donors (Lipinski definition) is 2. The molecule has 144 valence electrons. The fraction of sp³-hybridized carbons (Fsp3) is 0.421. The van der Waals surface area contributed by atoms with E-state index in [1.807, 2.05) is 18.7 Å². The van der Waals surface area contributed by atoms with Crippen LogP contribution in [0.15, 0.2) is 30.3 Å². The van der Waals surface area contributed by atoms with Gasteiger partial charge >= 0.3 is 0 Å². The number of benzene rings is 1. The molecular formula is C19H24FN5O2. The highest BCUT2D eigenvalue weighted by Crippen LogP contribution is 2.20. The number of amides is 2. The number of aryl methyl sites for hydroxylation is 1. The number of nitrogens with zero attached hydrogens (tertiary/aromatic N) is 3. The zero-order valence-corrected chi connectivity index (χ0v) is 15.7. The summed E-state index contributed by atoms with van der Waals surface area (Å²) >= 11 is 0. The van der Waals surface area contributed by atoms with Gasteiger partial charge in [0.2, 0.25) is 11.8 Å². The molecule has 1 fully saturated rings. The molecule has 7 nitrogen and oxygen atoms in total. The summed E-state index contributed by atoms with van der Waals surface area (Å²) in [7, 11) is 0. The van der Waals surface area contributed by atoms with Crippen molar-refractivity contribution in [3.05, 3.63) is 41.8 Å². The van der Waals surface area contributed by atoms with Gasteiger partial charge in [0, 0.05) is 19.2 Å². The monoisotopic (exact) mass is 373 g/mol. The van der Waals surface area contributed by atoms with Crippen LogP contribution in [0.1, 0.15) is 19.5 Å². The summed E-state index contributed by atoms with van der Waals surface area (Å²) in [5, 5.41) is 9.92. The van der Waals surface area contributed by atoms with Crippen LogP contribution >= 0.6 is 0 Å². The smallest absolute Gasteiger partial charge is 0.239 e. The van der Waals surface area contributed by atoms with Crippen LogP contribution in [-0.4, -0.2) is 52.2 Å². The maximum absolute atomic E-state index is 14.1. The van der Waals surface area contributed by atoms with Crippen LogP contribution in [0.5, 0.6) is 0 Å². The minimum atomic E-state index is -0.427. The summed E-state index contributed by atoms with van der Waals surface area (Å²) in [6.07, 6.45) is 0. The first-order valence-electron chi connectivity index (χ1n) is 9.00. The molecule has 0 radical (unpaired) electrons. The van der Waals surface area contributed by atoms with E-state index >= 15 is 0 Å². The van der Waals surface area contributed by atoms with Crippen molar-refractivity contribution in [2.45, 2.75) is 26.8 Å². The van der Waals surface area contributed by atoms with E-state index < -0.39 is 5.82 Å². The first kappa shape index (κ1) is 19.0. The van der Waals surface area contributed by atoms with Gasteiger partial charge in [-0.05, 0) is 25.0 Å². The Morgan fingerprint density at radius 2 is 2.15 bits per heavy atom. The lowest BCUT2D eigenvalue weighted by Crippen LogP contribution is -2.58. The third-order valence-electron chi connectivity index (χ3n) is 4.52. The number of halogens is 1. The van der Waals surface area contributed by atoms with E-state index in [0.29, 0.717) is 24.6 Å². The lowest BCUT2D eigenvalue weighted by atomic mass is 10.00. The summed E-state index contributed by atoms with van der Waals surface area (Å²) in [5.41, 5.74) is 0.921. The maximum Gasteiger partial charge on any atom is 0.239 e. The molecule has 0 aliphatic carbocycles. The Morgan fingerprint density at radius 3 is 2.85 bits per heavy atom. The first-order chi connectivity index (χ1) is 12.9. The van der Waals surface area contributed by atoms with Gasteiger partial charge in [-0.3, -0.25) is 14.5 Å². The van der Waals surface area contributed by atoms with Gasteiger partial charge in [-0.2, -0.15) is 5.10 Å². The van der Waals surface area contributed by atoms with Crippen molar-refractivity contribution in [1.82, 2.24) is 20.0 Å². The minimum absolute atomic E-state index is 0.0590. The molecule has 0 spiro atoms. The molecule has 2 aromatic rings. The van der Waals surface area contributed by atoms with Crippen molar-refractivity contribution >= 4 is 17.6 Å². The van der Waals surface area contributed by atoms with E-state index in [0.717, 1.165) is 0 Å². The average molecular weight is 373 g/mol. The van der Waals surface area contributed by atoms with Crippen molar-refractivity contribution in [1.29, 1.82) is 0 Å². The molecule has 8 heteroatoms. The van der Waals surface area contributed by atoms with E-state index in [-0.39, 0.29) is 36.0 Å². The topological polar surface area (TPSA) is 79.3 Å². The number of aromatic nitrogens is 2. The second-order valence-electron chi connectivity index (χ2n) is 7.03. The van der Waals surface area contributed by atoms with Crippen LogP contribution in [0.4, 0.5) is 10.2 Å². The number of hydrogen-bond acceptors (Lipinski definition) is 4. The van der Waals surface area contributed by atoms with E-state index in [1.54, 1.807) is 31.2 Å². The van der Waals surface area contributed by atoms with Gasteiger partial charge in [0.15, 0.2) is 0 Å². The average Bonchev–Trinajstić information content (AvgIpc) is 2.94. The summed E-state index contributed by atoms with van der Waals surface area (Å²) in [5.74, 6) is -0.276. The van der Waals surface area contributed by atoms with Crippen LogP contribution < -0.4 is 10.6 Å². The number of nitrogens with one attached hydrogen (secondary N) is 2. The van der Waals surface area contributed by atoms with Gasteiger partial charge in [-0.1, -0.05) is 26.0 Å². The Balaban J connectivity index is 1.77. The van der Waals surface area contributed by atoms with Crippen molar-refractivity contribution in [2.24, 2.45) is 5.92 Å². The summed E-state index contributed by atoms with van der Waals surface area (Å²) in [6, 6.07) is 7.59. The van der Waals surface area contributed by atoms with Gasteiger partial charge in [-0.25, -0.2) is 9.07 Å². The highest BCUT2D eigenvalue weighted by Gasteiger charge is 2.33. The molecule has 27 heavy (non-hydrogen) atoms.